The number of anilines is 1. The lowest BCUT2D eigenvalue weighted by molar-refractivity contribution is -0.135. The Morgan fingerprint density at radius 2 is 2.00 bits per heavy atom. The number of carbonyl (C=O) groups is 2. The fourth-order valence-corrected chi connectivity index (χ4v) is 5.02. The zero-order valence-corrected chi connectivity index (χ0v) is 22.0. The van der Waals surface area contributed by atoms with Gasteiger partial charge in [0.1, 0.15) is 0 Å². The number of dihydropyridines is 1. The summed E-state index contributed by atoms with van der Waals surface area (Å²) in [4.78, 5) is 27.5. The van der Waals surface area contributed by atoms with Crippen LogP contribution in [-0.4, -0.2) is 61.8 Å². The van der Waals surface area contributed by atoms with E-state index >= 15 is 0 Å². The van der Waals surface area contributed by atoms with Gasteiger partial charge in [-0.25, -0.2) is 10.6 Å². The van der Waals surface area contributed by atoms with E-state index in [-0.39, 0.29) is 23.3 Å². The summed E-state index contributed by atoms with van der Waals surface area (Å²) in [5.41, 5.74) is 10.9. The van der Waals surface area contributed by atoms with Crippen LogP contribution in [0.5, 0.6) is 0 Å². The Bertz CT molecular complexity index is 1210. The van der Waals surface area contributed by atoms with Crippen molar-refractivity contribution in [2.75, 3.05) is 39.1 Å². The van der Waals surface area contributed by atoms with Gasteiger partial charge in [0, 0.05) is 74.2 Å². The standard InChI is InChI=1S/C28H37N7O3/c1-34(31)17-25(30)22-13-23(22)26(24(14-29)28(37)38-2)33-21-8-6-7-18(12-21)19-11-20(16-32-15-19)27(36)35-9-4-3-5-10-35/h6-8,11-12,14,16-17,22-23,29,32-33H,3-5,9-10,13,15,30-31H2,1-2H3/b25-17-,26-24+,29-14?. The smallest absolute Gasteiger partial charge is 0.341 e. The van der Waals surface area contributed by atoms with Gasteiger partial charge < -0.3 is 36.4 Å². The number of benzene rings is 1. The topological polar surface area (TPSA) is 150 Å². The van der Waals surface area contributed by atoms with E-state index in [0.29, 0.717) is 29.9 Å². The van der Waals surface area contributed by atoms with Gasteiger partial charge in [0.2, 0.25) is 0 Å². The van der Waals surface area contributed by atoms with E-state index in [4.69, 9.17) is 21.7 Å². The summed E-state index contributed by atoms with van der Waals surface area (Å²) >= 11 is 0. The third-order valence-corrected chi connectivity index (χ3v) is 7.06. The first-order valence-electron chi connectivity index (χ1n) is 12.9. The Hall–Kier alpha value is -4.05. The zero-order chi connectivity index (χ0) is 27.2. The molecule has 2 heterocycles. The molecule has 2 unspecified atom stereocenters. The van der Waals surface area contributed by atoms with Gasteiger partial charge in [-0.3, -0.25) is 4.79 Å². The lowest BCUT2D eigenvalue weighted by Crippen LogP contribution is -2.37. The molecule has 0 bridgehead atoms. The number of hydrazine groups is 1. The molecule has 38 heavy (non-hydrogen) atoms. The van der Waals surface area contributed by atoms with Crippen LogP contribution in [0.25, 0.3) is 5.57 Å². The number of nitrogens with zero attached hydrogens (tertiary/aromatic N) is 2. The first-order chi connectivity index (χ1) is 18.3. The molecule has 1 aromatic carbocycles. The van der Waals surface area contributed by atoms with Crippen molar-refractivity contribution in [3.05, 3.63) is 70.8 Å². The molecule has 1 aromatic rings. The van der Waals surface area contributed by atoms with Crippen molar-refractivity contribution in [3.8, 4) is 0 Å². The fraction of sp³-hybridized carbons (Fsp3) is 0.393. The first kappa shape index (κ1) is 27.0. The van der Waals surface area contributed by atoms with Crippen LogP contribution in [0.1, 0.15) is 31.2 Å². The maximum Gasteiger partial charge on any atom is 0.341 e. The number of nitrogens with one attached hydrogen (secondary N) is 3. The molecular formula is C28H37N7O3. The number of rotatable bonds is 9. The van der Waals surface area contributed by atoms with E-state index in [9.17, 15) is 9.59 Å². The van der Waals surface area contributed by atoms with E-state index in [0.717, 1.165) is 49.0 Å². The van der Waals surface area contributed by atoms with Crippen molar-refractivity contribution in [1.29, 1.82) is 5.41 Å². The fourth-order valence-electron chi connectivity index (χ4n) is 5.02. The molecule has 1 aliphatic carbocycles. The summed E-state index contributed by atoms with van der Waals surface area (Å²) in [6.45, 7) is 2.19. The number of likely N-dealkylation sites (tertiary alicyclic amines) is 1. The highest BCUT2D eigenvalue weighted by atomic mass is 16.5. The van der Waals surface area contributed by atoms with Crippen LogP contribution in [0.4, 0.5) is 5.69 Å². The maximum absolute atomic E-state index is 13.0. The lowest BCUT2D eigenvalue weighted by atomic mass is 9.99. The van der Waals surface area contributed by atoms with Gasteiger partial charge in [0.15, 0.2) is 0 Å². The van der Waals surface area contributed by atoms with Crippen LogP contribution in [0, 0.1) is 17.2 Å². The normalized spacial score (nSPS) is 21.8. The molecule has 1 saturated carbocycles. The van der Waals surface area contributed by atoms with Crippen LogP contribution in [0.2, 0.25) is 0 Å². The van der Waals surface area contributed by atoms with Crippen molar-refractivity contribution < 1.29 is 14.3 Å². The highest BCUT2D eigenvalue weighted by molar-refractivity contribution is 6.09. The number of methoxy groups -OCH3 is 1. The molecule has 2 fully saturated rings. The molecule has 0 spiro atoms. The Morgan fingerprint density at radius 1 is 1.24 bits per heavy atom. The second kappa shape index (κ2) is 12.0. The van der Waals surface area contributed by atoms with Crippen molar-refractivity contribution in [3.63, 3.8) is 0 Å². The van der Waals surface area contributed by atoms with Gasteiger partial charge in [-0.15, -0.1) is 0 Å². The molecule has 2 aliphatic heterocycles. The molecule has 4 rings (SSSR count). The predicted octanol–water partition coefficient (Wildman–Crippen LogP) is 2.30. The van der Waals surface area contributed by atoms with Crippen LogP contribution in [-0.2, 0) is 14.3 Å². The van der Waals surface area contributed by atoms with Crippen LogP contribution >= 0.6 is 0 Å². The van der Waals surface area contributed by atoms with E-state index in [1.165, 1.54) is 18.5 Å². The van der Waals surface area contributed by atoms with E-state index in [1.54, 1.807) is 19.4 Å². The SMILES string of the molecule is COC(=O)/C(C=N)=C(/Nc1cccc(C2=CC(C(=O)N3CCCCC3)=CNC2)c1)C1CC1/C(N)=C/N(C)N. The zero-order valence-electron chi connectivity index (χ0n) is 22.0. The molecule has 0 aromatic heterocycles. The summed E-state index contributed by atoms with van der Waals surface area (Å²) in [6, 6.07) is 7.79. The Labute approximate surface area is 223 Å². The van der Waals surface area contributed by atoms with Gasteiger partial charge in [0.05, 0.1) is 18.3 Å². The van der Waals surface area contributed by atoms with Crippen LogP contribution in [0.3, 0.4) is 0 Å². The van der Waals surface area contributed by atoms with Crippen molar-refractivity contribution in [2.24, 2.45) is 23.4 Å². The van der Waals surface area contributed by atoms with E-state index in [2.05, 4.69) is 10.6 Å². The first-order valence-corrected chi connectivity index (χ1v) is 12.9. The molecule has 3 aliphatic rings. The number of amides is 1. The number of ether oxygens (including phenoxy) is 1. The summed E-state index contributed by atoms with van der Waals surface area (Å²) in [6.07, 6.45) is 10.4. The monoisotopic (exact) mass is 519 g/mol. The quantitative estimate of drug-likeness (QED) is 0.110. The van der Waals surface area contributed by atoms with Crippen LogP contribution in [0.15, 0.2) is 65.3 Å². The van der Waals surface area contributed by atoms with Gasteiger partial charge in [-0.1, -0.05) is 12.1 Å². The Balaban J connectivity index is 1.59. The highest BCUT2D eigenvalue weighted by Crippen LogP contribution is 2.48. The average molecular weight is 520 g/mol. The van der Waals surface area contributed by atoms with Crippen LogP contribution < -0.4 is 22.2 Å². The van der Waals surface area contributed by atoms with Crippen molar-refractivity contribution in [1.82, 2.24) is 15.2 Å². The number of esters is 1. The molecule has 202 valence electrons. The molecule has 10 heteroatoms. The highest BCUT2D eigenvalue weighted by Gasteiger charge is 2.44. The minimum Gasteiger partial charge on any atom is -0.465 e. The summed E-state index contributed by atoms with van der Waals surface area (Å²) < 4.78 is 4.94. The molecule has 10 nitrogen and oxygen atoms in total. The summed E-state index contributed by atoms with van der Waals surface area (Å²) in [7, 11) is 2.99. The van der Waals surface area contributed by atoms with Crippen molar-refractivity contribution >= 4 is 29.4 Å². The average Bonchev–Trinajstić information content (AvgIpc) is 3.74. The number of hydrogen-bond donors (Lipinski definition) is 5. The van der Waals surface area contributed by atoms with Gasteiger partial charge in [0.25, 0.3) is 5.91 Å². The number of nitrogens with two attached hydrogens (primary N) is 2. The number of hydrogen-bond acceptors (Lipinski definition) is 9. The molecule has 0 radical (unpaired) electrons. The van der Waals surface area contributed by atoms with Gasteiger partial charge >= 0.3 is 5.97 Å². The number of piperidine rings is 1. The summed E-state index contributed by atoms with van der Waals surface area (Å²) in [5, 5.41) is 15.9. The Kier molecular flexibility index (Phi) is 8.52. The third-order valence-electron chi connectivity index (χ3n) is 7.06. The second-order valence-corrected chi connectivity index (χ2v) is 9.92. The van der Waals surface area contributed by atoms with E-state index < -0.39 is 5.97 Å². The van der Waals surface area contributed by atoms with Gasteiger partial charge in [-0.05, 0) is 55.0 Å². The Morgan fingerprint density at radius 3 is 2.68 bits per heavy atom. The largest absolute Gasteiger partial charge is 0.465 e. The predicted molar refractivity (Wildman–Crippen MR) is 148 cm³/mol. The van der Waals surface area contributed by atoms with Gasteiger partial charge in [-0.2, -0.15) is 0 Å². The molecule has 7 N–H and O–H groups in total. The molecule has 1 saturated heterocycles. The third kappa shape index (κ3) is 6.25. The number of carbonyl (C=O) groups excluding carboxylic acids is 2. The molecular weight excluding hydrogens is 482 g/mol. The maximum atomic E-state index is 13.0. The summed E-state index contributed by atoms with van der Waals surface area (Å²) in [5.74, 6) is 5.09. The molecule has 1 amide bonds. The molecule has 2 atom stereocenters. The number of allylic oxidation sites excluding steroid dienone is 2. The minimum atomic E-state index is -0.590. The lowest BCUT2D eigenvalue weighted by Gasteiger charge is -2.28. The second-order valence-electron chi connectivity index (χ2n) is 9.92. The minimum absolute atomic E-state index is 0.00923. The van der Waals surface area contributed by atoms with E-state index in [1.807, 2.05) is 35.2 Å². The van der Waals surface area contributed by atoms with Crippen molar-refractivity contribution in [2.45, 2.75) is 25.7 Å².